The highest BCUT2D eigenvalue weighted by Crippen LogP contribution is 2.46. The third-order valence-corrected chi connectivity index (χ3v) is 7.50. The van der Waals surface area contributed by atoms with Gasteiger partial charge in [-0.05, 0) is 61.5 Å². The summed E-state index contributed by atoms with van der Waals surface area (Å²) in [6, 6.07) is 1.95. The number of carbonyl (C=O) groups excluding carboxylic acids is 1. The number of aliphatic carboxylic acids is 1. The number of rotatable bonds is 10. The molecule has 1 aliphatic carbocycles. The Hall–Kier alpha value is -2.37. The predicted octanol–water partition coefficient (Wildman–Crippen LogP) is 5.79. The number of halogens is 1. The molecule has 1 atom stereocenters. The van der Waals surface area contributed by atoms with Crippen molar-refractivity contribution in [1.29, 1.82) is 0 Å². The van der Waals surface area contributed by atoms with Crippen LogP contribution in [0, 0.1) is 16.6 Å². The fourth-order valence-electron chi connectivity index (χ4n) is 4.85. The fourth-order valence-corrected chi connectivity index (χ4v) is 4.85. The second-order valence-electron chi connectivity index (χ2n) is 10.1. The number of carbonyl (C=O) groups is 2. The molecular weight excluding hydrogens is 409 g/mol. The number of hydrogen-bond donors (Lipinski definition) is 1. The van der Waals surface area contributed by atoms with Crippen molar-refractivity contribution in [3.63, 3.8) is 0 Å². The summed E-state index contributed by atoms with van der Waals surface area (Å²) in [6.07, 6.45) is 7.08. The molecule has 2 fully saturated rings. The van der Waals surface area contributed by atoms with Gasteiger partial charge < -0.3 is 14.7 Å². The van der Waals surface area contributed by atoms with Crippen LogP contribution < -0.4 is 4.74 Å². The molecule has 1 heterocycles. The molecular formula is C26H36FNO4. The minimum Gasteiger partial charge on any atom is -0.493 e. The number of allylic oxidation sites excluding steroid dienone is 1. The van der Waals surface area contributed by atoms with Gasteiger partial charge in [0.2, 0.25) is 0 Å². The van der Waals surface area contributed by atoms with Gasteiger partial charge in [0.25, 0.3) is 5.91 Å². The van der Waals surface area contributed by atoms with Crippen molar-refractivity contribution in [1.82, 2.24) is 4.90 Å². The number of likely N-dealkylation sites (tertiary alicyclic amines) is 1. The first kappa shape index (κ1) is 24.3. The van der Waals surface area contributed by atoms with E-state index in [9.17, 15) is 14.7 Å². The van der Waals surface area contributed by atoms with Crippen LogP contribution in [0.5, 0.6) is 5.75 Å². The molecule has 1 N–H and O–H groups in total. The molecule has 0 spiro atoms. The van der Waals surface area contributed by atoms with Gasteiger partial charge in [0, 0.05) is 18.0 Å². The van der Waals surface area contributed by atoms with Crippen LogP contribution >= 0.6 is 0 Å². The van der Waals surface area contributed by atoms with E-state index in [1.54, 1.807) is 6.07 Å². The largest absolute Gasteiger partial charge is 0.493 e. The van der Waals surface area contributed by atoms with Crippen LogP contribution in [0.15, 0.2) is 24.8 Å². The van der Waals surface area contributed by atoms with Crippen molar-refractivity contribution >= 4 is 11.9 Å². The van der Waals surface area contributed by atoms with Crippen LogP contribution in [-0.4, -0.2) is 41.1 Å². The molecule has 6 heteroatoms. The van der Waals surface area contributed by atoms with E-state index in [2.05, 4.69) is 20.4 Å². The summed E-state index contributed by atoms with van der Waals surface area (Å²) in [7, 11) is 0. The fraction of sp³-hybridized carbons (Fsp3) is 0.615. The summed E-state index contributed by atoms with van der Waals surface area (Å²) in [5.74, 6) is -1.53. The summed E-state index contributed by atoms with van der Waals surface area (Å²) >= 11 is 0. The number of hydrogen-bond acceptors (Lipinski definition) is 3. The summed E-state index contributed by atoms with van der Waals surface area (Å²) in [5.41, 5.74) is 0.171. The highest BCUT2D eigenvalue weighted by atomic mass is 19.1. The molecule has 1 saturated heterocycles. The second kappa shape index (κ2) is 9.24. The number of carboxylic acid groups (broad SMARTS) is 1. The van der Waals surface area contributed by atoms with E-state index >= 15 is 4.39 Å². The molecule has 1 saturated carbocycles. The van der Waals surface area contributed by atoms with Gasteiger partial charge in [-0.15, -0.1) is 6.58 Å². The molecule has 1 aliphatic heterocycles. The Labute approximate surface area is 190 Å². The average molecular weight is 446 g/mol. The second-order valence-corrected chi connectivity index (χ2v) is 10.1. The molecule has 0 unspecified atom stereocenters. The van der Waals surface area contributed by atoms with Gasteiger partial charge in [0.15, 0.2) is 0 Å². The minimum absolute atomic E-state index is 0.0522. The SMILES string of the molecule is C=CCC(CC)(CC)COc1cc(F)c(C(=O)N2CCC(C)(C)[C@H]2C(=O)O)cc1C1CC1. The normalized spacial score (nSPS) is 20.3. The molecule has 32 heavy (non-hydrogen) atoms. The first-order valence-corrected chi connectivity index (χ1v) is 11.7. The molecule has 2 aliphatic rings. The van der Waals surface area contributed by atoms with Gasteiger partial charge in [0.1, 0.15) is 17.6 Å². The first-order valence-electron chi connectivity index (χ1n) is 11.7. The Bertz CT molecular complexity index is 886. The molecule has 1 aromatic carbocycles. The highest BCUT2D eigenvalue weighted by molar-refractivity contribution is 5.98. The number of carboxylic acids is 1. The molecule has 0 radical (unpaired) electrons. The Balaban J connectivity index is 1.90. The molecule has 1 aromatic rings. The van der Waals surface area contributed by atoms with Crippen molar-refractivity contribution in [3.8, 4) is 5.75 Å². The molecule has 176 valence electrons. The topological polar surface area (TPSA) is 66.8 Å². The highest BCUT2D eigenvalue weighted by Gasteiger charge is 2.48. The lowest BCUT2D eigenvalue weighted by Gasteiger charge is -2.31. The summed E-state index contributed by atoms with van der Waals surface area (Å²) < 4.78 is 21.3. The maximum Gasteiger partial charge on any atom is 0.326 e. The zero-order valence-corrected chi connectivity index (χ0v) is 19.7. The van der Waals surface area contributed by atoms with E-state index in [0.29, 0.717) is 25.3 Å². The van der Waals surface area contributed by atoms with E-state index in [4.69, 9.17) is 4.74 Å². The molecule has 5 nitrogen and oxygen atoms in total. The van der Waals surface area contributed by atoms with E-state index < -0.39 is 29.2 Å². The average Bonchev–Trinajstić information content (AvgIpc) is 3.53. The zero-order chi connectivity index (χ0) is 23.7. The molecule has 1 amide bonds. The van der Waals surface area contributed by atoms with Crippen molar-refractivity contribution in [2.75, 3.05) is 13.2 Å². The standard InChI is InChI=1S/C26H36FNO4/c1-6-11-26(7-2,8-3)16-32-21-15-20(27)19(14-18(21)17-9-10-17)23(29)28-13-12-25(4,5)22(28)24(30)31/h6,14-15,17,22H,1,7-13,16H2,2-5H3,(H,30,31)/t22-/m1/s1. The Morgan fingerprint density at radius 2 is 1.97 bits per heavy atom. The van der Waals surface area contributed by atoms with E-state index in [1.807, 2.05) is 19.9 Å². The Morgan fingerprint density at radius 1 is 1.31 bits per heavy atom. The lowest BCUT2D eigenvalue weighted by Crippen LogP contribution is -2.46. The lowest BCUT2D eigenvalue weighted by atomic mass is 9.80. The smallest absolute Gasteiger partial charge is 0.326 e. The maximum atomic E-state index is 15.2. The Morgan fingerprint density at radius 3 is 2.50 bits per heavy atom. The van der Waals surface area contributed by atoms with Gasteiger partial charge in [-0.25, -0.2) is 9.18 Å². The van der Waals surface area contributed by atoms with E-state index in [0.717, 1.165) is 37.7 Å². The third kappa shape index (κ3) is 4.69. The number of amides is 1. The zero-order valence-electron chi connectivity index (χ0n) is 19.7. The Kier molecular flexibility index (Phi) is 7.01. The number of ether oxygens (including phenoxy) is 1. The van der Waals surface area contributed by atoms with Gasteiger partial charge in [-0.2, -0.15) is 0 Å². The number of nitrogens with zero attached hydrogens (tertiary/aromatic N) is 1. The van der Waals surface area contributed by atoms with E-state index in [-0.39, 0.29) is 16.9 Å². The number of benzene rings is 1. The molecule has 3 rings (SSSR count). The minimum atomic E-state index is -1.05. The quantitative estimate of drug-likeness (QED) is 0.463. The third-order valence-electron chi connectivity index (χ3n) is 7.50. The van der Waals surface area contributed by atoms with Crippen LogP contribution in [0.4, 0.5) is 4.39 Å². The lowest BCUT2D eigenvalue weighted by molar-refractivity contribution is -0.144. The van der Waals surface area contributed by atoms with Gasteiger partial charge in [-0.3, -0.25) is 4.79 Å². The van der Waals surface area contributed by atoms with Crippen LogP contribution in [0.2, 0.25) is 0 Å². The molecule has 0 bridgehead atoms. The van der Waals surface area contributed by atoms with Crippen molar-refractivity contribution in [2.24, 2.45) is 10.8 Å². The molecule has 0 aromatic heterocycles. The van der Waals surface area contributed by atoms with Crippen molar-refractivity contribution in [2.45, 2.75) is 78.2 Å². The van der Waals surface area contributed by atoms with Crippen molar-refractivity contribution < 1.29 is 23.8 Å². The van der Waals surface area contributed by atoms with E-state index in [1.165, 1.54) is 11.0 Å². The van der Waals surface area contributed by atoms with Gasteiger partial charge in [-0.1, -0.05) is 33.8 Å². The van der Waals surface area contributed by atoms with Crippen LogP contribution in [0.3, 0.4) is 0 Å². The van der Waals surface area contributed by atoms with Gasteiger partial charge in [0.05, 0.1) is 12.2 Å². The summed E-state index contributed by atoms with van der Waals surface area (Å²) in [5, 5.41) is 9.70. The van der Waals surface area contributed by atoms with Gasteiger partial charge >= 0.3 is 5.97 Å². The van der Waals surface area contributed by atoms with Crippen LogP contribution in [0.1, 0.15) is 88.1 Å². The summed E-state index contributed by atoms with van der Waals surface area (Å²) in [6.45, 7) is 12.5. The van der Waals surface area contributed by atoms with Crippen molar-refractivity contribution in [3.05, 3.63) is 41.7 Å². The maximum absolute atomic E-state index is 15.2. The predicted molar refractivity (Wildman–Crippen MR) is 123 cm³/mol. The van der Waals surface area contributed by atoms with Crippen LogP contribution in [0.25, 0.3) is 0 Å². The monoisotopic (exact) mass is 445 g/mol. The first-order chi connectivity index (χ1) is 15.1. The van der Waals surface area contributed by atoms with Crippen LogP contribution in [-0.2, 0) is 4.79 Å². The summed E-state index contributed by atoms with van der Waals surface area (Å²) in [4.78, 5) is 26.4.